The van der Waals surface area contributed by atoms with Crippen molar-refractivity contribution in [3.05, 3.63) is 28.7 Å². The zero-order chi connectivity index (χ0) is 21.7. The molecule has 0 N–H and O–H groups in total. The van der Waals surface area contributed by atoms with Gasteiger partial charge >= 0.3 is 0 Å². The van der Waals surface area contributed by atoms with E-state index in [2.05, 4.69) is 0 Å². The fourth-order valence-corrected chi connectivity index (χ4v) is 4.11. The molecule has 3 amide bonds. The van der Waals surface area contributed by atoms with E-state index in [1.54, 1.807) is 17.0 Å². The Bertz CT molecular complexity index is 848. The van der Waals surface area contributed by atoms with Crippen molar-refractivity contribution in [3.63, 3.8) is 0 Å². The molecule has 0 spiro atoms. The van der Waals surface area contributed by atoms with Gasteiger partial charge in [-0.15, -0.1) is 0 Å². The lowest BCUT2D eigenvalue weighted by Gasteiger charge is -2.18. The molecular formula is C22H28N2O5S. The normalized spacial score (nSPS) is 19.0. The maximum absolute atomic E-state index is 12.7. The van der Waals surface area contributed by atoms with Crippen molar-refractivity contribution >= 4 is 34.9 Å². The molecule has 162 valence electrons. The first kappa shape index (κ1) is 22.2. The Morgan fingerprint density at radius 2 is 1.93 bits per heavy atom. The third-order valence-corrected chi connectivity index (χ3v) is 6.00. The zero-order valence-corrected chi connectivity index (χ0v) is 18.5. The van der Waals surface area contributed by atoms with Crippen LogP contribution in [0.1, 0.15) is 45.6 Å². The number of hydrogen-bond donors (Lipinski definition) is 0. The van der Waals surface area contributed by atoms with Gasteiger partial charge in [-0.05, 0) is 68.6 Å². The number of amides is 3. The van der Waals surface area contributed by atoms with E-state index < -0.39 is 11.1 Å². The first-order valence-electron chi connectivity index (χ1n) is 10.4. The predicted molar refractivity (Wildman–Crippen MR) is 116 cm³/mol. The summed E-state index contributed by atoms with van der Waals surface area (Å²) in [5, 5.41) is -0.416. The third-order valence-electron chi connectivity index (χ3n) is 5.09. The van der Waals surface area contributed by atoms with E-state index in [0.29, 0.717) is 36.1 Å². The van der Waals surface area contributed by atoms with Gasteiger partial charge in [0.1, 0.15) is 6.54 Å². The highest BCUT2D eigenvalue weighted by atomic mass is 32.2. The van der Waals surface area contributed by atoms with Gasteiger partial charge in [-0.25, -0.2) is 0 Å². The second kappa shape index (κ2) is 10.0. The second-order valence-corrected chi connectivity index (χ2v) is 8.32. The molecule has 8 heteroatoms. The van der Waals surface area contributed by atoms with Crippen molar-refractivity contribution < 1.29 is 23.9 Å². The Balaban J connectivity index is 1.75. The molecule has 0 bridgehead atoms. The topological polar surface area (TPSA) is 76.2 Å². The molecule has 1 aromatic carbocycles. The Kier molecular flexibility index (Phi) is 7.42. The number of carbonyl (C=O) groups excluding carboxylic acids is 3. The van der Waals surface area contributed by atoms with Gasteiger partial charge in [-0.1, -0.05) is 13.0 Å². The Labute approximate surface area is 181 Å². The highest BCUT2D eigenvalue weighted by Crippen LogP contribution is 2.35. The molecular weight excluding hydrogens is 404 g/mol. The lowest BCUT2D eigenvalue weighted by atomic mass is 10.1. The molecule has 0 aliphatic carbocycles. The standard InChI is InChI=1S/C22H28N2O5S/c1-4-15(3)29-17-9-8-16(12-18(17)28-5-2)13-19-21(26)24(22(27)30-19)14-20(25)23-10-6-7-11-23/h8-9,12-13,15H,4-7,10-11,14H2,1-3H3/b19-13+/t15-/m0/s1. The van der Waals surface area contributed by atoms with E-state index in [4.69, 9.17) is 9.47 Å². The molecule has 2 aliphatic heterocycles. The summed E-state index contributed by atoms with van der Waals surface area (Å²) < 4.78 is 11.6. The molecule has 30 heavy (non-hydrogen) atoms. The van der Waals surface area contributed by atoms with Crippen LogP contribution in [0.25, 0.3) is 6.08 Å². The van der Waals surface area contributed by atoms with Crippen molar-refractivity contribution in [3.8, 4) is 11.5 Å². The monoisotopic (exact) mass is 432 g/mol. The molecule has 3 rings (SSSR count). The van der Waals surface area contributed by atoms with E-state index in [-0.39, 0.29) is 18.6 Å². The van der Waals surface area contributed by atoms with Crippen molar-refractivity contribution in [2.45, 2.75) is 46.1 Å². The number of likely N-dealkylation sites (tertiary alicyclic amines) is 1. The zero-order valence-electron chi connectivity index (χ0n) is 17.7. The van der Waals surface area contributed by atoms with Crippen molar-refractivity contribution in [1.82, 2.24) is 9.80 Å². The summed E-state index contributed by atoms with van der Waals surface area (Å²) in [6.07, 6.45) is 4.51. The van der Waals surface area contributed by atoms with Crippen molar-refractivity contribution in [2.75, 3.05) is 26.2 Å². The van der Waals surface area contributed by atoms with Crippen LogP contribution in [-0.2, 0) is 9.59 Å². The summed E-state index contributed by atoms with van der Waals surface area (Å²) in [6.45, 7) is 7.59. The highest BCUT2D eigenvalue weighted by molar-refractivity contribution is 8.18. The lowest BCUT2D eigenvalue weighted by Crippen LogP contribution is -2.40. The van der Waals surface area contributed by atoms with E-state index in [9.17, 15) is 14.4 Å². The van der Waals surface area contributed by atoms with Crippen LogP contribution < -0.4 is 9.47 Å². The van der Waals surface area contributed by atoms with Crippen LogP contribution in [0, 0.1) is 0 Å². The largest absolute Gasteiger partial charge is 0.490 e. The number of carbonyl (C=O) groups is 3. The smallest absolute Gasteiger partial charge is 0.294 e. The number of hydrogen-bond acceptors (Lipinski definition) is 6. The van der Waals surface area contributed by atoms with Gasteiger partial charge in [0.25, 0.3) is 11.1 Å². The Morgan fingerprint density at radius 3 is 2.60 bits per heavy atom. The van der Waals surface area contributed by atoms with Gasteiger partial charge in [-0.2, -0.15) is 0 Å². The summed E-state index contributed by atoms with van der Waals surface area (Å²) in [6, 6.07) is 5.43. The van der Waals surface area contributed by atoms with Gasteiger partial charge in [-0.3, -0.25) is 19.3 Å². The predicted octanol–water partition coefficient (Wildman–Crippen LogP) is 3.92. The molecule has 7 nitrogen and oxygen atoms in total. The number of ether oxygens (including phenoxy) is 2. The maximum Gasteiger partial charge on any atom is 0.294 e. The SMILES string of the molecule is CCOc1cc(/C=C2/SC(=O)N(CC(=O)N3CCCC3)C2=O)ccc1O[C@@H](C)CC. The lowest BCUT2D eigenvalue weighted by molar-refractivity contribution is -0.135. The summed E-state index contributed by atoms with van der Waals surface area (Å²) >= 11 is 0.855. The molecule has 0 saturated carbocycles. The highest BCUT2D eigenvalue weighted by Gasteiger charge is 2.37. The van der Waals surface area contributed by atoms with Gasteiger partial charge in [0.15, 0.2) is 11.5 Å². The second-order valence-electron chi connectivity index (χ2n) is 7.33. The fourth-order valence-electron chi connectivity index (χ4n) is 3.27. The fraction of sp³-hybridized carbons (Fsp3) is 0.500. The summed E-state index contributed by atoms with van der Waals surface area (Å²) in [4.78, 5) is 40.4. The minimum Gasteiger partial charge on any atom is -0.490 e. The number of imide groups is 1. The summed E-state index contributed by atoms with van der Waals surface area (Å²) in [5.41, 5.74) is 0.728. The van der Waals surface area contributed by atoms with Crippen LogP contribution in [0.2, 0.25) is 0 Å². The summed E-state index contributed by atoms with van der Waals surface area (Å²) in [7, 11) is 0. The first-order chi connectivity index (χ1) is 14.4. The summed E-state index contributed by atoms with van der Waals surface area (Å²) in [5.74, 6) is 0.624. The van der Waals surface area contributed by atoms with Gasteiger partial charge < -0.3 is 14.4 Å². The average molecular weight is 433 g/mol. The number of rotatable bonds is 8. The van der Waals surface area contributed by atoms with Gasteiger partial charge in [0, 0.05) is 13.1 Å². The van der Waals surface area contributed by atoms with Gasteiger partial charge in [0.2, 0.25) is 5.91 Å². The number of benzene rings is 1. The molecule has 2 fully saturated rings. The Morgan fingerprint density at radius 1 is 1.20 bits per heavy atom. The van der Waals surface area contributed by atoms with Crippen molar-refractivity contribution in [2.24, 2.45) is 0 Å². The Hall–Kier alpha value is -2.48. The molecule has 1 aromatic rings. The molecule has 2 aliphatic rings. The first-order valence-corrected chi connectivity index (χ1v) is 11.2. The third kappa shape index (κ3) is 5.16. The molecule has 0 unspecified atom stereocenters. The van der Waals surface area contributed by atoms with Crippen LogP contribution in [0.5, 0.6) is 11.5 Å². The molecule has 2 saturated heterocycles. The van der Waals surface area contributed by atoms with Crippen LogP contribution >= 0.6 is 11.8 Å². The quantitative estimate of drug-likeness (QED) is 0.580. The number of nitrogens with zero attached hydrogens (tertiary/aromatic N) is 2. The van der Waals surface area contributed by atoms with Crippen LogP contribution in [0.3, 0.4) is 0 Å². The van der Waals surface area contributed by atoms with E-state index in [1.807, 2.05) is 32.9 Å². The van der Waals surface area contributed by atoms with E-state index in [0.717, 1.165) is 41.5 Å². The minimum atomic E-state index is -0.435. The average Bonchev–Trinajstić information content (AvgIpc) is 3.35. The number of thioether (sulfide) groups is 1. The molecule has 0 aromatic heterocycles. The van der Waals surface area contributed by atoms with Crippen LogP contribution in [-0.4, -0.2) is 59.2 Å². The van der Waals surface area contributed by atoms with E-state index >= 15 is 0 Å². The van der Waals surface area contributed by atoms with Crippen LogP contribution in [0.15, 0.2) is 23.1 Å². The molecule has 1 atom stereocenters. The minimum absolute atomic E-state index is 0.0553. The van der Waals surface area contributed by atoms with Gasteiger partial charge in [0.05, 0.1) is 17.6 Å². The maximum atomic E-state index is 12.7. The molecule has 2 heterocycles. The van der Waals surface area contributed by atoms with Crippen molar-refractivity contribution in [1.29, 1.82) is 0 Å². The van der Waals surface area contributed by atoms with Crippen LogP contribution in [0.4, 0.5) is 4.79 Å². The molecule has 0 radical (unpaired) electrons. The van der Waals surface area contributed by atoms with E-state index in [1.165, 1.54) is 0 Å².